The van der Waals surface area contributed by atoms with Crippen molar-refractivity contribution in [1.82, 2.24) is 9.97 Å². The molecule has 0 saturated heterocycles. The molecule has 0 atom stereocenters. The maximum atomic E-state index is 13.5. The van der Waals surface area contributed by atoms with E-state index in [9.17, 15) is 4.39 Å². The van der Waals surface area contributed by atoms with Crippen molar-refractivity contribution in [2.24, 2.45) is 0 Å². The lowest BCUT2D eigenvalue weighted by Crippen LogP contribution is -2.04. The first-order valence-electron chi connectivity index (χ1n) is 9.26. The van der Waals surface area contributed by atoms with Crippen LogP contribution in [0.3, 0.4) is 0 Å². The number of fused-ring (bicyclic) bond motifs is 1. The Kier molecular flexibility index (Phi) is 4.99. The number of aryl methyl sites for hydroxylation is 2. The van der Waals surface area contributed by atoms with Crippen LogP contribution in [-0.2, 0) is 0 Å². The van der Waals surface area contributed by atoms with E-state index in [0.717, 1.165) is 27.9 Å². The molecule has 29 heavy (non-hydrogen) atoms. The highest BCUT2D eigenvalue weighted by atomic mass is 19.1. The van der Waals surface area contributed by atoms with E-state index in [0.29, 0.717) is 23.0 Å². The molecule has 0 bridgehead atoms. The largest absolute Gasteiger partial charge is 0.494 e. The summed E-state index contributed by atoms with van der Waals surface area (Å²) in [6.07, 6.45) is 0. The highest BCUT2D eigenvalue weighted by molar-refractivity contribution is 5.95. The molecule has 0 saturated carbocycles. The number of halogens is 1. The quantitative estimate of drug-likeness (QED) is 0.447. The van der Waals surface area contributed by atoms with Gasteiger partial charge in [0.25, 0.3) is 0 Å². The second-order valence-corrected chi connectivity index (χ2v) is 6.78. The first kappa shape index (κ1) is 18.7. The molecule has 146 valence electrons. The summed E-state index contributed by atoms with van der Waals surface area (Å²) < 4.78 is 19.0. The molecular formula is C23H21FN4O. The molecule has 2 N–H and O–H groups in total. The lowest BCUT2D eigenvalue weighted by atomic mass is 10.1. The minimum absolute atomic E-state index is 0.281. The van der Waals surface area contributed by atoms with Crippen LogP contribution in [-0.4, -0.2) is 17.1 Å². The van der Waals surface area contributed by atoms with Crippen LogP contribution in [0.25, 0.3) is 10.9 Å². The smallest absolute Gasteiger partial charge is 0.229 e. The molecular weight excluding hydrogens is 367 g/mol. The van der Waals surface area contributed by atoms with E-state index < -0.39 is 0 Å². The van der Waals surface area contributed by atoms with Gasteiger partial charge in [0.2, 0.25) is 5.95 Å². The maximum absolute atomic E-state index is 13.5. The standard InChI is InChI=1S/C23H21FN4O/c1-14-7-4-5-9-18(14)25-22-17-8-6-10-20(29-3)21(17)27-23(28-22)26-19-12-11-16(24)13-15(19)2/h4-13H,1-3H3,(H2,25,26,27,28). The summed E-state index contributed by atoms with van der Waals surface area (Å²) in [5, 5.41) is 7.45. The predicted molar refractivity (Wildman–Crippen MR) is 115 cm³/mol. The normalized spacial score (nSPS) is 10.8. The van der Waals surface area contributed by atoms with Crippen molar-refractivity contribution in [2.75, 3.05) is 17.7 Å². The van der Waals surface area contributed by atoms with Crippen molar-refractivity contribution in [2.45, 2.75) is 13.8 Å². The van der Waals surface area contributed by atoms with Gasteiger partial charge in [-0.25, -0.2) is 9.37 Å². The van der Waals surface area contributed by atoms with Crippen LogP contribution in [0.4, 0.5) is 27.5 Å². The first-order chi connectivity index (χ1) is 14.0. The molecule has 0 spiro atoms. The molecule has 5 nitrogen and oxygen atoms in total. The summed E-state index contributed by atoms with van der Waals surface area (Å²) in [5.41, 5.74) is 4.25. The molecule has 0 unspecified atom stereocenters. The van der Waals surface area contributed by atoms with Gasteiger partial charge in [-0.15, -0.1) is 0 Å². The summed E-state index contributed by atoms with van der Waals surface area (Å²) in [6, 6.07) is 18.3. The van der Waals surface area contributed by atoms with Gasteiger partial charge in [0.05, 0.1) is 7.11 Å². The van der Waals surface area contributed by atoms with Gasteiger partial charge in [-0.2, -0.15) is 4.98 Å². The zero-order chi connectivity index (χ0) is 20.4. The summed E-state index contributed by atoms with van der Waals surface area (Å²) >= 11 is 0. The molecule has 0 radical (unpaired) electrons. The predicted octanol–water partition coefficient (Wildman–Crippen LogP) is 5.88. The number of ether oxygens (including phenoxy) is 1. The van der Waals surface area contributed by atoms with Gasteiger partial charge in [0, 0.05) is 16.8 Å². The molecule has 4 aromatic rings. The summed E-state index contributed by atoms with van der Waals surface area (Å²) in [4.78, 5) is 9.34. The Hall–Kier alpha value is -3.67. The van der Waals surface area contributed by atoms with Crippen molar-refractivity contribution in [3.63, 3.8) is 0 Å². The average Bonchev–Trinajstić information content (AvgIpc) is 2.71. The Morgan fingerprint density at radius 1 is 0.828 bits per heavy atom. The number of hydrogen-bond donors (Lipinski definition) is 2. The van der Waals surface area contributed by atoms with Gasteiger partial charge >= 0.3 is 0 Å². The number of methoxy groups -OCH3 is 1. The van der Waals surface area contributed by atoms with E-state index in [4.69, 9.17) is 4.74 Å². The number of rotatable bonds is 5. The topological polar surface area (TPSA) is 59.1 Å². The van der Waals surface area contributed by atoms with Crippen LogP contribution in [0, 0.1) is 19.7 Å². The van der Waals surface area contributed by atoms with Crippen molar-refractivity contribution in [3.8, 4) is 5.75 Å². The minimum atomic E-state index is -0.281. The molecule has 4 rings (SSSR count). The number of anilines is 4. The molecule has 6 heteroatoms. The molecule has 0 aliphatic heterocycles. The summed E-state index contributed by atoms with van der Waals surface area (Å²) in [5.74, 6) is 1.42. The number of nitrogens with one attached hydrogen (secondary N) is 2. The average molecular weight is 388 g/mol. The lowest BCUT2D eigenvalue weighted by molar-refractivity contribution is 0.419. The fourth-order valence-corrected chi connectivity index (χ4v) is 3.17. The second kappa shape index (κ2) is 7.75. The number of benzene rings is 3. The molecule has 0 aliphatic carbocycles. The number of aromatic nitrogens is 2. The summed E-state index contributed by atoms with van der Waals surface area (Å²) in [7, 11) is 1.61. The third kappa shape index (κ3) is 3.82. The lowest BCUT2D eigenvalue weighted by Gasteiger charge is -2.15. The van der Waals surface area contributed by atoms with E-state index in [1.165, 1.54) is 12.1 Å². The van der Waals surface area contributed by atoms with Gasteiger partial charge in [0.15, 0.2) is 0 Å². The van der Waals surface area contributed by atoms with Crippen molar-refractivity contribution >= 4 is 34.0 Å². The zero-order valence-electron chi connectivity index (χ0n) is 16.5. The zero-order valence-corrected chi connectivity index (χ0v) is 16.5. The van der Waals surface area contributed by atoms with E-state index in [-0.39, 0.29) is 5.82 Å². The Labute approximate surface area is 168 Å². The van der Waals surface area contributed by atoms with Crippen LogP contribution in [0.15, 0.2) is 60.7 Å². The van der Waals surface area contributed by atoms with E-state index in [2.05, 4.69) is 20.6 Å². The fourth-order valence-electron chi connectivity index (χ4n) is 3.17. The Balaban J connectivity index is 1.84. The van der Waals surface area contributed by atoms with E-state index in [1.54, 1.807) is 13.2 Å². The molecule has 1 heterocycles. The number of nitrogens with zero attached hydrogens (tertiary/aromatic N) is 2. The third-order valence-electron chi connectivity index (χ3n) is 4.74. The van der Waals surface area contributed by atoms with E-state index in [1.807, 2.05) is 56.3 Å². The first-order valence-corrected chi connectivity index (χ1v) is 9.26. The van der Waals surface area contributed by atoms with Crippen molar-refractivity contribution in [3.05, 3.63) is 77.6 Å². The maximum Gasteiger partial charge on any atom is 0.229 e. The number of hydrogen-bond acceptors (Lipinski definition) is 5. The SMILES string of the molecule is COc1cccc2c(Nc3ccccc3C)nc(Nc3ccc(F)cc3C)nc12. The Bertz CT molecular complexity index is 1190. The second-order valence-electron chi connectivity index (χ2n) is 6.78. The molecule has 0 amide bonds. The molecule has 0 fully saturated rings. The van der Waals surface area contributed by atoms with Gasteiger partial charge in [0.1, 0.15) is 22.9 Å². The van der Waals surface area contributed by atoms with Gasteiger partial charge in [-0.05, 0) is 61.4 Å². The Morgan fingerprint density at radius 2 is 1.62 bits per heavy atom. The molecule has 1 aromatic heterocycles. The molecule has 3 aromatic carbocycles. The van der Waals surface area contributed by atoms with Crippen molar-refractivity contribution < 1.29 is 9.13 Å². The van der Waals surface area contributed by atoms with Gasteiger partial charge in [-0.3, -0.25) is 0 Å². The summed E-state index contributed by atoms with van der Waals surface area (Å²) in [6.45, 7) is 3.87. The molecule has 0 aliphatic rings. The Morgan fingerprint density at radius 3 is 2.38 bits per heavy atom. The number of para-hydroxylation sites is 2. The minimum Gasteiger partial charge on any atom is -0.494 e. The van der Waals surface area contributed by atoms with Crippen molar-refractivity contribution in [1.29, 1.82) is 0 Å². The third-order valence-corrected chi connectivity index (χ3v) is 4.74. The van der Waals surface area contributed by atoms with Crippen LogP contribution < -0.4 is 15.4 Å². The van der Waals surface area contributed by atoms with Gasteiger partial charge < -0.3 is 15.4 Å². The van der Waals surface area contributed by atoms with Crippen LogP contribution in [0.2, 0.25) is 0 Å². The van der Waals surface area contributed by atoms with Crippen LogP contribution in [0.5, 0.6) is 5.75 Å². The highest BCUT2D eigenvalue weighted by Crippen LogP contribution is 2.32. The van der Waals surface area contributed by atoms with Crippen LogP contribution in [0.1, 0.15) is 11.1 Å². The van der Waals surface area contributed by atoms with Gasteiger partial charge in [-0.1, -0.05) is 24.3 Å². The highest BCUT2D eigenvalue weighted by Gasteiger charge is 2.13. The fraction of sp³-hybridized carbons (Fsp3) is 0.130. The van der Waals surface area contributed by atoms with Crippen LogP contribution >= 0.6 is 0 Å². The van der Waals surface area contributed by atoms with E-state index >= 15 is 0 Å². The monoisotopic (exact) mass is 388 g/mol.